The zero-order valence-electron chi connectivity index (χ0n) is 8.72. The summed E-state index contributed by atoms with van der Waals surface area (Å²) in [5, 5.41) is 9.56. The predicted molar refractivity (Wildman–Crippen MR) is 60.7 cm³/mol. The molecule has 0 aromatic carbocycles. The van der Waals surface area contributed by atoms with Gasteiger partial charge in [-0.25, -0.2) is 4.98 Å². The Balaban J connectivity index is 2.06. The first-order chi connectivity index (χ1) is 7.42. The summed E-state index contributed by atoms with van der Waals surface area (Å²) in [6.45, 7) is 0. The lowest BCUT2D eigenvalue weighted by Gasteiger charge is -2.24. The molecule has 0 atom stereocenters. The Hall–Kier alpha value is -0.950. The highest BCUT2D eigenvalue weighted by Gasteiger charge is 2.17. The van der Waals surface area contributed by atoms with Gasteiger partial charge in [0.05, 0.1) is 11.8 Å². The second-order valence-corrected chi connectivity index (χ2v) is 4.80. The van der Waals surface area contributed by atoms with E-state index < -0.39 is 0 Å². The molecule has 0 aliphatic heterocycles. The molecule has 3 nitrogen and oxygen atoms in total. The summed E-state index contributed by atoms with van der Waals surface area (Å²) in [4.78, 5) is 4.30. The summed E-state index contributed by atoms with van der Waals surface area (Å²) >= 11 is 1.54. The van der Waals surface area contributed by atoms with Gasteiger partial charge in [0.2, 0.25) is 0 Å². The summed E-state index contributed by atoms with van der Waals surface area (Å²) in [6.07, 6.45) is 10.4. The van der Waals surface area contributed by atoms with Gasteiger partial charge in [0.1, 0.15) is 0 Å². The van der Waals surface area contributed by atoms with Crippen LogP contribution in [0.4, 0.5) is 0 Å². The Morgan fingerprint density at radius 2 is 2.27 bits per heavy atom. The molecule has 1 aliphatic carbocycles. The SMILES string of the molecule is N#CCSc1nccn1C1CCCCC1. The summed E-state index contributed by atoms with van der Waals surface area (Å²) in [5.41, 5.74) is 0. The van der Waals surface area contributed by atoms with E-state index in [2.05, 4.69) is 21.8 Å². The maximum atomic E-state index is 8.56. The molecule has 2 rings (SSSR count). The lowest BCUT2D eigenvalue weighted by Crippen LogP contribution is -2.12. The van der Waals surface area contributed by atoms with Crippen molar-refractivity contribution in [3.05, 3.63) is 12.4 Å². The summed E-state index contributed by atoms with van der Waals surface area (Å²) < 4.78 is 2.25. The van der Waals surface area contributed by atoms with Crippen molar-refractivity contribution in [3.63, 3.8) is 0 Å². The third kappa shape index (κ3) is 2.54. The lowest BCUT2D eigenvalue weighted by molar-refractivity contribution is 0.336. The second kappa shape index (κ2) is 5.22. The third-order valence-electron chi connectivity index (χ3n) is 2.87. The van der Waals surface area contributed by atoms with Crippen molar-refractivity contribution in [2.45, 2.75) is 43.3 Å². The maximum Gasteiger partial charge on any atom is 0.169 e. The van der Waals surface area contributed by atoms with E-state index >= 15 is 0 Å². The number of aromatic nitrogens is 2. The minimum Gasteiger partial charge on any atom is -0.323 e. The number of hydrogen-bond donors (Lipinski definition) is 0. The van der Waals surface area contributed by atoms with Gasteiger partial charge >= 0.3 is 0 Å². The average molecular weight is 221 g/mol. The quantitative estimate of drug-likeness (QED) is 0.737. The zero-order chi connectivity index (χ0) is 10.5. The number of nitrogens with zero attached hydrogens (tertiary/aromatic N) is 3. The van der Waals surface area contributed by atoms with Crippen molar-refractivity contribution < 1.29 is 0 Å². The fourth-order valence-electron chi connectivity index (χ4n) is 2.15. The molecular weight excluding hydrogens is 206 g/mol. The van der Waals surface area contributed by atoms with Crippen LogP contribution in [0.25, 0.3) is 0 Å². The molecule has 1 aliphatic rings. The molecule has 1 aromatic heterocycles. The van der Waals surface area contributed by atoms with Crippen LogP contribution in [-0.2, 0) is 0 Å². The molecular formula is C11H15N3S. The van der Waals surface area contributed by atoms with Gasteiger partial charge in [0, 0.05) is 18.4 Å². The molecule has 0 saturated heterocycles. The van der Waals surface area contributed by atoms with Crippen molar-refractivity contribution in [2.75, 3.05) is 5.75 Å². The molecule has 80 valence electrons. The normalized spacial score (nSPS) is 17.5. The monoisotopic (exact) mass is 221 g/mol. The minimum atomic E-state index is 0.490. The van der Waals surface area contributed by atoms with Crippen LogP contribution in [-0.4, -0.2) is 15.3 Å². The van der Waals surface area contributed by atoms with Crippen molar-refractivity contribution in [3.8, 4) is 6.07 Å². The van der Waals surface area contributed by atoms with Crippen LogP contribution in [0.1, 0.15) is 38.1 Å². The highest BCUT2D eigenvalue weighted by atomic mass is 32.2. The van der Waals surface area contributed by atoms with E-state index in [0.717, 1.165) is 5.16 Å². The molecule has 0 radical (unpaired) electrons. The molecule has 1 heterocycles. The number of nitriles is 1. The molecule has 1 fully saturated rings. The van der Waals surface area contributed by atoms with E-state index in [1.165, 1.54) is 43.9 Å². The Morgan fingerprint density at radius 1 is 1.47 bits per heavy atom. The van der Waals surface area contributed by atoms with Gasteiger partial charge in [-0.05, 0) is 12.8 Å². The fraction of sp³-hybridized carbons (Fsp3) is 0.636. The van der Waals surface area contributed by atoms with Crippen LogP contribution < -0.4 is 0 Å². The van der Waals surface area contributed by atoms with Crippen LogP contribution in [0.15, 0.2) is 17.6 Å². The average Bonchev–Trinajstić information content (AvgIpc) is 2.75. The van der Waals surface area contributed by atoms with Crippen LogP contribution >= 0.6 is 11.8 Å². The molecule has 0 bridgehead atoms. The standard InChI is InChI=1S/C11H15N3S/c12-6-9-15-11-13-7-8-14(11)10-4-2-1-3-5-10/h7-8,10H,1-5,9H2. The Kier molecular flexibility index (Phi) is 3.68. The highest BCUT2D eigenvalue weighted by Crippen LogP contribution is 2.31. The molecule has 4 heteroatoms. The number of hydrogen-bond acceptors (Lipinski definition) is 3. The molecule has 0 amide bonds. The summed E-state index contributed by atoms with van der Waals surface area (Å²) in [5.74, 6) is 0.490. The van der Waals surface area contributed by atoms with E-state index in [-0.39, 0.29) is 0 Å². The smallest absolute Gasteiger partial charge is 0.169 e. The van der Waals surface area contributed by atoms with Gasteiger partial charge in [0.15, 0.2) is 5.16 Å². The molecule has 1 saturated carbocycles. The largest absolute Gasteiger partial charge is 0.323 e. The maximum absolute atomic E-state index is 8.56. The van der Waals surface area contributed by atoms with E-state index in [1.54, 1.807) is 0 Å². The van der Waals surface area contributed by atoms with E-state index in [1.807, 2.05) is 6.20 Å². The zero-order valence-corrected chi connectivity index (χ0v) is 9.54. The highest BCUT2D eigenvalue weighted by molar-refractivity contribution is 7.99. The van der Waals surface area contributed by atoms with Crippen molar-refractivity contribution in [1.29, 1.82) is 5.26 Å². The Morgan fingerprint density at radius 3 is 3.00 bits per heavy atom. The number of thioether (sulfide) groups is 1. The topological polar surface area (TPSA) is 41.6 Å². The van der Waals surface area contributed by atoms with Gasteiger partial charge in [0.25, 0.3) is 0 Å². The van der Waals surface area contributed by atoms with Crippen molar-refractivity contribution in [2.24, 2.45) is 0 Å². The van der Waals surface area contributed by atoms with Crippen LogP contribution in [0, 0.1) is 11.3 Å². The van der Waals surface area contributed by atoms with Gasteiger partial charge in [-0.3, -0.25) is 0 Å². The van der Waals surface area contributed by atoms with E-state index in [4.69, 9.17) is 5.26 Å². The molecule has 0 unspecified atom stereocenters. The predicted octanol–water partition coefficient (Wildman–Crippen LogP) is 3.00. The molecule has 0 N–H and O–H groups in total. The minimum absolute atomic E-state index is 0.490. The van der Waals surface area contributed by atoms with Gasteiger partial charge in [-0.2, -0.15) is 5.26 Å². The van der Waals surface area contributed by atoms with Crippen LogP contribution in [0.5, 0.6) is 0 Å². The molecule has 15 heavy (non-hydrogen) atoms. The van der Waals surface area contributed by atoms with Gasteiger partial charge in [-0.1, -0.05) is 31.0 Å². The first-order valence-corrected chi connectivity index (χ1v) is 6.43. The Labute approximate surface area is 94.5 Å². The first kappa shape index (κ1) is 10.6. The van der Waals surface area contributed by atoms with Gasteiger partial charge < -0.3 is 4.57 Å². The first-order valence-electron chi connectivity index (χ1n) is 5.44. The van der Waals surface area contributed by atoms with E-state index in [0.29, 0.717) is 11.8 Å². The van der Waals surface area contributed by atoms with Crippen LogP contribution in [0.2, 0.25) is 0 Å². The van der Waals surface area contributed by atoms with Crippen molar-refractivity contribution in [1.82, 2.24) is 9.55 Å². The lowest BCUT2D eigenvalue weighted by atomic mass is 9.95. The fourth-order valence-corrected chi connectivity index (χ4v) is 2.83. The van der Waals surface area contributed by atoms with Gasteiger partial charge in [-0.15, -0.1) is 0 Å². The number of imidazole rings is 1. The number of rotatable bonds is 3. The molecule has 1 aromatic rings. The third-order valence-corrected chi connectivity index (χ3v) is 3.71. The van der Waals surface area contributed by atoms with Crippen molar-refractivity contribution >= 4 is 11.8 Å². The van der Waals surface area contributed by atoms with E-state index in [9.17, 15) is 0 Å². The summed E-state index contributed by atoms with van der Waals surface area (Å²) in [7, 11) is 0. The Bertz CT molecular complexity index is 347. The molecule has 0 spiro atoms. The van der Waals surface area contributed by atoms with Crippen LogP contribution in [0.3, 0.4) is 0 Å². The second-order valence-electron chi connectivity index (χ2n) is 3.86. The summed E-state index contributed by atoms with van der Waals surface area (Å²) in [6, 6.07) is 2.76.